The first kappa shape index (κ1) is 22.4. The average molecular weight is 408 g/mol. The minimum Gasteiger partial charge on any atom is -0.493 e. The number of methoxy groups -OCH3 is 1. The minimum absolute atomic E-state index is 0.0323. The van der Waals surface area contributed by atoms with Gasteiger partial charge in [0.25, 0.3) is 11.6 Å². The fourth-order valence-electron chi connectivity index (χ4n) is 3.53. The van der Waals surface area contributed by atoms with E-state index in [1.165, 1.54) is 13.2 Å². The van der Waals surface area contributed by atoms with Gasteiger partial charge in [-0.05, 0) is 25.2 Å². The van der Waals surface area contributed by atoms with E-state index in [1.54, 1.807) is 6.92 Å². The van der Waals surface area contributed by atoms with Crippen molar-refractivity contribution in [1.82, 2.24) is 5.32 Å². The van der Waals surface area contributed by atoms with Crippen molar-refractivity contribution in [2.24, 2.45) is 11.8 Å². The highest BCUT2D eigenvalue weighted by Crippen LogP contribution is 2.35. The Labute approximate surface area is 169 Å². The molecule has 2 rings (SSSR count). The van der Waals surface area contributed by atoms with Crippen LogP contribution >= 0.6 is 0 Å². The van der Waals surface area contributed by atoms with Crippen molar-refractivity contribution in [3.63, 3.8) is 0 Å². The quantitative estimate of drug-likeness (QED) is 0.399. The standard InChI is InChI=1S/C20H28N2O7/c1-5-28-18-10-16(22(25)26)14(9-17(18)27-4)20(24)29-11-19(23)21-15-8-6-7-12(2)13(15)3/h9-10,12-13,15H,5-8,11H2,1-4H3,(H,21,23)/t12-,13+,15-/m1/s1. The molecule has 0 spiro atoms. The van der Waals surface area contributed by atoms with Crippen LogP contribution in [0.3, 0.4) is 0 Å². The third-order valence-corrected chi connectivity index (χ3v) is 5.39. The van der Waals surface area contributed by atoms with Crippen molar-refractivity contribution in [2.75, 3.05) is 20.3 Å². The molecule has 0 heterocycles. The molecule has 0 saturated heterocycles. The van der Waals surface area contributed by atoms with Crippen molar-refractivity contribution in [2.45, 2.75) is 46.1 Å². The highest BCUT2D eigenvalue weighted by molar-refractivity contribution is 5.96. The molecule has 160 valence electrons. The Kier molecular flexibility index (Phi) is 7.81. The zero-order valence-corrected chi connectivity index (χ0v) is 17.2. The Morgan fingerprint density at radius 3 is 2.59 bits per heavy atom. The van der Waals surface area contributed by atoms with Crippen LogP contribution in [-0.2, 0) is 9.53 Å². The summed E-state index contributed by atoms with van der Waals surface area (Å²) in [6, 6.07) is 2.34. The monoisotopic (exact) mass is 408 g/mol. The van der Waals surface area contributed by atoms with E-state index in [-0.39, 0.29) is 29.7 Å². The predicted molar refractivity (Wildman–Crippen MR) is 105 cm³/mol. The van der Waals surface area contributed by atoms with Gasteiger partial charge in [-0.3, -0.25) is 14.9 Å². The summed E-state index contributed by atoms with van der Waals surface area (Å²) in [6.45, 7) is 5.73. The molecule has 0 bridgehead atoms. The van der Waals surface area contributed by atoms with Crippen molar-refractivity contribution in [3.8, 4) is 11.5 Å². The first-order valence-electron chi connectivity index (χ1n) is 9.74. The number of ether oxygens (including phenoxy) is 3. The number of rotatable bonds is 8. The molecular formula is C20H28N2O7. The number of nitro benzene ring substituents is 1. The summed E-state index contributed by atoms with van der Waals surface area (Å²) in [5.41, 5.74) is -0.780. The molecule has 1 aromatic carbocycles. The van der Waals surface area contributed by atoms with Crippen LogP contribution in [0.25, 0.3) is 0 Å². The molecule has 0 aliphatic heterocycles. The smallest absolute Gasteiger partial charge is 0.345 e. The van der Waals surface area contributed by atoms with E-state index in [1.807, 2.05) is 0 Å². The highest BCUT2D eigenvalue weighted by atomic mass is 16.6. The summed E-state index contributed by atoms with van der Waals surface area (Å²) in [4.78, 5) is 35.3. The SMILES string of the molecule is CCOc1cc([N+](=O)[O-])c(C(=O)OCC(=O)N[C@@H]2CCC[C@@H](C)[C@@H]2C)cc1OC. The number of nitrogens with zero attached hydrogens (tertiary/aromatic N) is 1. The van der Waals surface area contributed by atoms with Gasteiger partial charge in [0.1, 0.15) is 5.56 Å². The number of hydrogen-bond donors (Lipinski definition) is 1. The molecule has 0 unspecified atom stereocenters. The Morgan fingerprint density at radius 2 is 1.97 bits per heavy atom. The maximum absolute atomic E-state index is 12.4. The minimum atomic E-state index is -0.974. The molecule has 1 aliphatic rings. The molecule has 1 N–H and O–H groups in total. The predicted octanol–water partition coefficient (Wildman–Crippen LogP) is 3.10. The van der Waals surface area contributed by atoms with Crippen LogP contribution in [0.15, 0.2) is 12.1 Å². The largest absolute Gasteiger partial charge is 0.493 e. The number of carbonyl (C=O) groups is 2. The topological polar surface area (TPSA) is 117 Å². The van der Waals surface area contributed by atoms with Gasteiger partial charge in [0.15, 0.2) is 18.1 Å². The van der Waals surface area contributed by atoms with Crippen LogP contribution in [0, 0.1) is 22.0 Å². The number of carbonyl (C=O) groups excluding carboxylic acids is 2. The van der Waals surface area contributed by atoms with Crippen LogP contribution in [-0.4, -0.2) is 43.2 Å². The molecule has 1 saturated carbocycles. The van der Waals surface area contributed by atoms with Gasteiger partial charge in [0.05, 0.1) is 24.7 Å². The second-order valence-electron chi connectivity index (χ2n) is 7.23. The van der Waals surface area contributed by atoms with Crippen molar-refractivity contribution in [1.29, 1.82) is 0 Å². The molecule has 1 amide bonds. The van der Waals surface area contributed by atoms with E-state index in [4.69, 9.17) is 14.2 Å². The van der Waals surface area contributed by atoms with Crippen molar-refractivity contribution >= 4 is 17.6 Å². The summed E-state index contributed by atoms with van der Waals surface area (Å²) in [6.07, 6.45) is 3.05. The molecule has 1 aromatic rings. The van der Waals surface area contributed by atoms with Crippen LogP contribution in [0.1, 0.15) is 50.4 Å². The van der Waals surface area contributed by atoms with E-state index >= 15 is 0 Å². The van der Waals surface area contributed by atoms with Gasteiger partial charge in [0.2, 0.25) is 0 Å². The van der Waals surface area contributed by atoms with Gasteiger partial charge in [-0.2, -0.15) is 0 Å². The average Bonchev–Trinajstić information content (AvgIpc) is 2.69. The van der Waals surface area contributed by atoms with Crippen LogP contribution in [0.5, 0.6) is 11.5 Å². The van der Waals surface area contributed by atoms with Crippen LogP contribution < -0.4 is 14.8 Å². The number of esters is 1. The lowest BCUT2D eigenvalue weighted by Gasteiger charge is -2.34. The van der Waals surface area contributed by atoms with E-state index < -0.39 is 29.1 Å². The van der Waals surface area contributed by atoms with E-state index in [2.05, 4.69) is 19.2 Å². The molecule has 3 atom stereocenters. The molecular weight excluding hydrogens is 380 g/mol. The fourth-order valence-corrected chi connectivity index (χ4v) is 3.53. The molecule has 9 nitrogen and oxygen atoms in total. The zero-order valence-electron chi connectivity index (χ0n) is 17.2. The van der Waals surface area contributed by atoms with E-state index in [0.717, 1.165) is 25.3 Å². The maximum atomic E-state index is 12.4. The van der Waals surface area contributed by atoms with Crippen molar-refractivity contribution < 1.29 is 28.7 Å². The van der Waals surface area contributed by atoms with Gasteiger partial charge >= 0.3 is 5.97 Å². The fraction of sp³-hybridized carbons (Fsp3) is 0.600. The number of benzene rings is 1. The molecule has 0 radical (unpaired) electrons. The number of nitrogens with one attached hydrogen (secondary N) is 1. The third kappa shape index (κ3) is 5.58. The van der Waals surface area contributed by atoms with Crippen LogP contribution in [0.4, 0.5) is 5.69 Å². The lowest BCUT2D eigenvalue weighted by molar-refractivity contribution is -0.385. The number of hydrogen-bond acceptors (Lipinski definition) is 7. The summed E-state index contributed by atoms with van der Waals surface area (Å²) in [5, 5.41) is 14.3. The first-order chi connectivity index (χ1) is 13.8. The van der Waals surface area contributed by atoms with Gasteiger partial charge in [-0.25, -0.2) is 4.79 Å². The molecule has 29 heavy (non-hydrogen) atoms. The summed E-state index contributed by atoms with van der Waals surface area (Å²) >= 11 is 0. The van der Waals surface area contributed by atoms with Gasteiger partial charge < -0.3 is 19.5 Å². The van der Waals surface area contributed by atoms with Crippen molar-refractivity contribution in [3.05, 3.63) is 27.8 Å². The lowest BCUT2D eigenvalue weighted by atomic mass is 9.78. The highest BCUT2D eigenvalue weighted by Gasteiger charge is 2.29. The third-order valence-electron chi connectivity index (χ3n) is 5.39. The van der Waals surface area contributed by atoms with Gasteiger partial charge in [0, 0.05) is 12.1 Å². The summed E-state index contributed by atoms with van der Waals surface area (Å²) in [5.74, 6) is -0.242. The van der Waals surface area contributed by atoms with Crippen LogP contribution in [0.2, 0.25) is 0 Å². The van der Waals surface area contributed by atoms with Gasteiger partial charge in [-0.15, -0.1) is 0 Å². The summed E-state index contributed by atoms with van der Waals surface area (Å²) < 4.78 is 15.5. The zero-order chi connectivity index (χ0) is 21.6. The number of nitro groups is 1. The Hall–Kier alpha value is -2.84. The van der Waals surface area contributed by atoms with E-state index in [9.17, 15) is 19.7 Å². The molecule has 1 fully saturated rings. The summed E-state index contributed by atoms with van der Waals surface area (Å²) in [7, 11) is 1.36. The second kappa shape index (κ2) is 10.1. The molecule has 1 aliphatic carbocycles. The molecule has 9 heteroatoms. The number of amides is 1. The maximum Gasteiger partial charge on any atom is 0.345 e. The second-order valence-corrected chi connectivity index (χ2v) is 7.23. The normalized spacial score (nSPS) is 21.2. The van der Waals surface area contributed by atoms with Gasteiger partial charge in [-0.1, -0.05) is 26.7 Å². The molecule has 0 aromatic heterocycles. The van der Waals surface area contributed by atoms with E-state index in [0.29, 0.717) is 11.8 Å². The lowest BCUT2D eigenvalue weighted by Crippen LogP contribution is -2.45. The Balaban J connectivity index is 2.07. The Bertz CT molecular complexity index is 765. The first-order valence-corrected chi connectivity index (χ1v) is 9.74. The Morgan fingerprint density at radius 1 is 1.24 bits per heavy atom.